The molecule has 2 N–H and O–H groups in total. The second kappa shape index (κ2) is 4.32. The predicted octanol–water partition coefficient (Wildman–Crippen LogP) is 2.48. The molecule has 7 heteroatoms. The molecule has 1 atom stereocenters. The largest absolute Gasteiger partial charge is 0.397 e. The summed E-state index contributed by atoms with van der Waals surface area (Å²) in [6, 6.07) is 0.884. The number of nitrogens with two attached hydrogens (primary N) is 1. The fourth-order valence-corrected chi connectivity index (χ4v) is 1.29. The fourth-order valence-electron chi connectivity index (χ4n) is 1.12. The second-order valence-electron chi connectivity index (χ2n) is 2.86. The molecule has 15 heavy (non-hydrogen) atoms. The highest BCUT2D eigenvalue weighted by Gasteiger charge is 2.41. The van der Waals surface area contributed by atoms with E-state index >= 15 is 0 Å². The molecule has 0 fully saturated rings. The van der Waals surface area contributed by atoms with Crippen molar-refractivity contribution in [3.63, 3.8) is 0 Å². The molecule has 0 radical (unpaired) electrons. The third-order valence-electron chi connectivity index (χ3n) is 1.84. The zero-order valence-corrected chi connectivity index (χ0v) is 8.11. The number of halogens is 5. The van der Waals surface area contributed by atoms with Crippen LogP contribution < -0.4 is 5.73 Å². The molecule has 0 spiro atoms. The second-order valence-corrected chi connectivity index (χ2v) is 3.30. The lowest BCUT2D eigenvalue weighted by Crippen LogP contribution is -2.29. The highest BCUT2D eigenvalue weighted by Crippen LogP contribution is 2.35. The summed E-state index contributed by atoms with van der Waals surface area (Å²) in [4.78, 5) is 3.11. The first kappa shape index (κ1) is 12.2. The van der Waals surface area contributed by atoms with E-state index in [1.807, 2.05) is 0 Å². The van der Waals surface area contributed by atoms with Gasteiger partial charge in [0.25, 0.3) is 0 Å². The van der Waals surface area contributed by atoms with Gasteiger partial charge in [0.15, 0.2) is 0 Å². The van der Waals surface area contributed by atoms with Crippen LogP contribution in [-0.2, 0) is 0 Å². The average molecular weight is 243 g/mol. The van der Waals surface area contributed by atoms with Crippen molar-refractivity contribution in [1.82, 2.24) is 4.98 Å². The Bertz CT molecular complexity index is 353. The molecule has 0 saturated heterocycles. The van der Waals surface area contributed by atoms with Crippen molar-refractivity contribution < 1.29 is 17.6 Å². The predicted molar refractivity (Wildman–Crippen MR) is 47.1 cm³/mol. The molecule has 0 amide bonds. The van der Waals surface area contributed by atoms with Crippen molar-refractivity contribution in [3.05, 3.63) is 28.8 Å². The standard InChI is InChI=1S/C8H7ClF4N2/c9-4-1-5(7(10)15-3-4)6(2-14)8(11,12)13/h1,3,6H,2,14H2. The molecule has 0 aliphatic carbocycles. The molecule has 1 aromatic heterocycles. The Balaban J connectivity index is 3.18. The van der Waals surface area contributed by atoms with E-state index in [9.17, 15) is 17.6 Å². The van der Waals surface area contributed by atoms with Gasteiger partial charge in [-0.2, -0.15) is 17.6 Å². The molecule has 2 nitrogen and oxygen atoms in total. The zero-order valence-electron chi connectivity index (χ0n) is 7.35. The topological polar surface area (TPSA) is 38.9 Å². The van der Waals surface area contributed by atoms with Gasteiger partial charge in [-0.15, -0.1) is 0 Å². The van der Waals surface area contributed by atoms with Crippen LogP contribution in [0.15, 0.2) is 12.3 Å². The van der Waals surface area contributed by atoms with Crippen LogP contribution in [0.4, 0.5) is 17.6 Å². The van der Waals surface area contributed by atoms with Crippen LogP contribution in [0.5, 0.6) is 0 Å². The van der Waals surface area contributed by atoms with Gasteiger partial charge in [0.05, 0.1) is 10.9 Å². The van der Waals surface area contributed by atoms with Crippen LogP contribution in [0.3, 0.4) is 0 Å². The van der Waals surface area contributed by atoms with Crippen LogP contribution in [0.2, 0.25) is 5.02 Å². The Morgan fingerprint density at radius 2 is 2.07 bits per heavy atom. The molecule has 84 valence electrons. The normalized spacial score (nSPS) is 14.0. The zero-order chi connectivity index (χ0) is 11.6. The first-order valence-corrected chi connectivity index (χ1v) is 4.31. The van der Waals surface area contributed by atoms with Crippen molar-refractivity contribution in [1.29, 1.82) is 0 Å². The van der Waals surface area contributed by atoms with Crippen molar-refractivity contribution in [3.8, 4) is 0 Å². The van der Waals surface area contributed by atoms with Gasteiger partial charge < -0.3 is 5.73 Å². The molecular formula is C8H7ClF4N2. The fraction of sp³-hybridized carbons (Fsp3) is 0.375. The number of nitrogens with zero attached hydrogens (tertiary/aromatic N) is 1. The Labute approximate surface area is 88.1 Å². The monoisotopic (exact) mass is 242 g/mol. The van der Waals surface area contributed by atoms with Crippen LogP contribution in [0, 0.1) is 5.95 Å². The molecule has 0 saturated carbocycles. The van der Waals surface area contributed by atoms with Crippen molar-refractivity contribution >= 4 is 11.6 Å². The van der Waals surface area contributed by atoms with Crippen molar-refractivity contribution in [2.75, 3.05) is 6.54 Å². The summed E-state index contributed by atoms with van der Waals surface area (Å²) in [7, 11) is 0. The SMILES string of the molecule is NCC(c1cc(Cl)cnc1F)C(F)(F)F. The number of hydrogen-bond donors (Lipinski definition) is 1. The lowest BCUT2D eigenvalue weighted by atomic mass is 10.0. The Hall–Kier alpha value is -0.880. The van der Waals surface area contributed by atoms with E-state index in [0.717, 1.165) is 12.3 Å². The Kier molecular flexibility index (Phi) is 3.51. The molecule has 0 aromatic carbocycles. The minimum Gasteiger partial charge on any atom is -0.330 e. The Morgan fingerprint density at radius 1 is 1.47 bits per heavy atom. The van der Waals surface area contributed by atoms with Gasteiger partial charge in [-0.05, 0) is 6.07 Å². The summed E-state index contributed by atoms with van der Waals surface area (Å²) in [5.74, 6) is -3.28. The summed E-state index contributed by atoms with van der Waals surface area (Å²) in [5, 5.41) is -0.0610. The Morgan fingerprint density at radius 3 is 2.53 bits per heavy atom. The van der Waals surface area contributed by atoms with Crippen molar-refractivity contribution in [2.24, 2.45) is 5.73 Å². The quantitative estimate of drug-likeness (QED) is 0.639. The first-order chi connectivity index (χ1) is 6.86. The molecule has 0 aliphatic rings. The van der Waals surface area contributed by atoms with Crippen LogP contribution in [0.1, 0.15) is 11.5 Å². The van der Waals surface area contributed by atoms with Gasteiger partial charge in [0, 0.05) is 18.3 Å². The molecule has 1 aromatic rings. The van der Waals surface area contributed by atoms with Crippen molar-refractivity contribution in [2.45, 2.75) is 12.1 Å². The summed E-state index contributed by atoms with van der Waals surface area (Å²) in [6.07, 6.45) is -3.67. The third kappa shape index (κ3) is 2.79. The first-order valence-electron chi connectivity index (χ1n) is 3.94. The van der Waals surface area contributed by atoms with E-state index in [4.69, 9.17) is 17.3 Å². The highest BCUT2D eigenvalue weighted by atomic mass is 35.5. The lowest BCUT2D eigenvalue weighted by Gasteiger charge is -2.18. The molecular weight excluding hydrogens is 236 g/mol. The van der Waals surface area contributed by atoms with E-state index in [-0.39, 0.29) is 5.02 Å². The molecule has 0 bridgehead atoms. The van der Waals surface area contributed by atoms with E-state index in [1.165, 1.54) is 0 Å². The van der Waals surface area contributed by atoms with Gasteiger partial charge in [-0.25, -0.2) is 4.98 Å². The number of alkyl halides is 3. The van der Waals surface area contributed by atoms with Gasteiger partial charge in [0.2, 0.25) is 5.95 Å². The summed E-state index contributed by atoms with van der Waals surface area (Å²) < 4.78 is 50.2. The maximum Gasteiger partial charge on any atom is 0.397 e. The van der Waals surface area contributed by atoms with Crippen LogP contribution >= 0.6 is 11.6 Å². The number of aromatic nitrogens is 1. The van der Waals surface area contributed by atoms with Crippen LogP contribution in [0.25, 0.3) is 0 Å². The number of rotatable bonds is 2. The molecule has 1 unspecified atom stereocenters. The molecule has 1 rings (SSSR count). The maximum absolute atomic E-state index is 13.0. The lowest BCUT2D eigenvalue weighted by molar-refractivity contribution is -0.148. The average Bonchev–Trinajstić information content (AvgIpc) is 2.10. The van der Waals surface area contributed by atoms with E-state index in [2.05, 4.69) is 4.98 Å². The van der Waals surface area contributed by atoms with Gasteiger partial charge in [-0.3, -0.25) is 0 Å². The van der Waals surface area contributed by atoms with Gasteiger partial charge in [0.1, 0.15) is 0 Å². The van der Waals surface area contributed by atoms with Crippen LogP contribution in [-0.4, -0.2) is 17.7 Å². The number of hydrogen-bond acceptors (Lipinski definition) is 2. The highest BCUT2D eigenvalue weighted by molar-refractivity contribution is 6.30. The van der Waals surface area contributed by atoms with Gasteiger partial charge in [-0.1, -0.05) is 11.6 Å². The third-order valence-corrected chi connectivity index (χ3v) is 2.05. The maximum atomic E-state index is 13.0. The minimum absolute atomic E-state index is 0.0610. The van der Waals surface area contributed by atoms with E-state index < -0.39 is 30.2 Å². The molecule has 1 heterocycles. The van der Waals surface area contributed by atoms with E-state index in [1.54, 1.807) is 0 Å². The summed E-state index contributed by atoms with van der Waals surface area (Å²) in [5.41, 5.74) is 4.33. The summed E-state index contributed by atoms with van der Waals surface area (Å²) >= 11 is 5.43. The van der Waals surface area contributed by atoms with Gasteiger partial charge >= 0.3 is 6.18 Å². The molecule has 0 aliphatic heterocycles. The summed E-state index contributed by atoms with van der Waals surface area (Å²) in [6.45, 7) is -0.748. The number of pyridine rings is 1. The minimum atomic E-state index is -4.61. The smallest absolute Gasteiger partial charge is 0.330 e. The van der Waals surface area contributed by atoms with E-state index in [0.29, 0.717) is 0 Å².